The Hall–Kier alpha value is -1.20. The van der Waals surface area contributed by atoms with E-state index in [0.717, 1.165) is 26.3 Å². The first-order valence-electron chi connectivity index (χ1n) is 5.48. The van der Waals surface area contributed by atoms with Crippen LogP contribution in [0.5, 0.6) is 0 Å². The molecule has 0 aliphatic carbocycles. The van der Waals surface area contributed by atoms with Crippen LogP contribution in [0, 0.1) is 20.8 Å². The van der Waals surface area contributed by atoms with Gasteiger partial charge < -0.3 is 5.32 Å². The molecule has 94 valence electrons. The summed E-state index contributed by atoms with van der Waals surface area (Å²) >= 11 is 4.90. The number of nitrogens with zero attached hydrogens (tertiary/aromatic N) is 1. The summed E-state index contributed by atoms with van der Waals surface area (Å²) in [5.74, 6) is -0.110. The van der Waals surface area contributed by atoms with Crippen molar-refractivity contribution in [1.29, 1.82) is 0 Å². The van der Waals surface area contributed by atoms with Crippen molar-refractivity contribution in [2.45, 2.75) is 20.8 Å². The van der Waals surface area contributed by atoms with Gasteiger partial charge in [0.15, 0.2) is 0 Å². The molecule has 0 aliphatic rings. The number of hydrogen-bond acceptors (Lipinski definition) is 3. The van der Waals surface area contributed by atoms with Crippen LogP contribution in [0.2, 0.25) is 0 Å². The second kappa shape index (κ2) is 5.20. The van der Waals surface area contributed by atoms with Crippen LogP contribution < -0.4 is 5.32 Å². The third kappa shape index (κ3) is 2.79. The minimum absolute atomic E-state index is 0.110. The zero-order chi connectivity index (χ0) is 13.3. The number of amides is 1. The molecule has 18 heavy (non-hydrogen) atoms. The Morgan fingerprint density at radius 1 is 1.28 bits per heavy atom. The number of thiazole rings is 1. The molecule has 0 radical (unpaired) electrons. The minimum Gasteiger partial charge on any atom is -0.321 e. The molecule has 0 atom stereocenters. The van der Waals surface area contributed by atoms with Crippen LogP contribution in [0.3, 0.4) is 0 Å². The number of anilines is 1. The molecule has 1 aromatic heterocycles. The Morgan fingerprint density at radius 3 is 2.39 bits per heavy atom. The smallest absolute Gasteiger partial charge is 0.267 e. The second-order valence-electron chi connectivity index (χ2n) is 4.12. The molecule has 0 unspecified atom stereocenters. The number of rotatable bonds is 2. The van der Waals surface area contributed by atoms with Crippen molar-refractivity contribution in [3.05, 3.63) is 43.8 Å². The highest BCUT2D eigenvalue weighted by Gasteiger charge is 2.10. The van der Waals surface area contributed by atoms with E-state index in [1.165, 1.54) is 11.3 Å². The van der Waals surface area contributed by atoms with Gasteiger partial charge in [-0.25, -0.2) is 4.98 Å². The summed E-state index contributed by atoms with van der Waals surface area (Å²) in [6, 6.07) is 3.89. The predicted octanol–water partition coefficient (Wildman–Crippen LogP) is 4.08. The van der Waals surface area contributed by atoms with E-state index in [2.05, 4.69) is 26.2 Å². The first-order valence-corrected chi connectivity index (χ1v) is 7.09. The van der Waals surface area contributed by atoms with E-state index in [9.17, 15) is 4.79 Å². The normalized spacial score (nSPS) is 10.4. The molecule has 5 heteroatoms. The fourth-order valence-corrected chi connectivity index (χ4v) is 2.58. The number of hydrogen-bond donors (Lipinski definition) is 1. The molecule has 0 spiro atoms. The van der Waals surface area contributed by atoms with Crippen molar-refractivity contribution < 1.29 is 4.79 Å². The number of aromatic nitrogens is 1. The van der Waals surface area contributed by atoms with E-state index in [1.807, 2.05) is 32.9 Å². The maximum absolute atomic E-state index is 12.0. The lowest BCUT2D eigenvalue weighted by Gasteiger charge is -2.08. The molecule has 0 saturated carbocycles. The molecule has 0 aliphatic heterocycles. The Labute approximate surface area is 118 Å². The number of halogens is 1. The molecule has 2 aromatic rings. The van der Waals surface area contributed by atoms with Gasteiger partial charge in [-0.2, -0.15) is 0 Å². The summed E-state index contributed by atoms with van der Waals surface area (Å²) in [6.45, 7) is 5.89. The monoisotopic (exact) mass is 324 g/mol. The van der Waals surface area contributed by atoms with Crippen molar-refractivity contribution in [3.63, 3.8) is 0 Å². The summed E-state index contributed by atoms with van der Waals surface area (Å²) in [4.78, 5) is 16.7. The molecule has 2 rings (SSSR count). The van der Waals surface area contributed by atoms with E-state index in [4.69, 9.17) is 0 Å². The molecule has 0 saturated heterocycles. The van der Waals surface area contributed by atoms with Gasteiger partial charge in [-0.05, 0) is 44.0 Å². The molecule has 1 N–H and O–H groups in total. The lowest BCUT2D eigenvalue weighted by molar-refractivity contribution is 0.103. The van der Waals surface area contributed by atoms with Crippen LogP contribution in [-0.4, -0.2) is 10.9 Å². The Balaban J connectivity index is 2.22. The van der Waals surface area contributed by atoms with E-state index in [1.54, 1.807) is 6.20 Å². The average molecular weight is 325 g/mol. The number of carbonyl (C=O) groups is 1. The highest BCUT2D eigenvalue weighted by Crippen LogP contribution is 2.25. The Kier molecular flexibility index (Phi) is 3.82. The van der Waals surface area contributed by atoms with Gasteiger partial charge in [0, 0.05) is 10.2 Å². The number of carbonyl (C=O) groups excluding carboxylic acids is 1. The quantitative estimate of drug-likeness (QED) is 0.904. The highest BCUT2D eigenvalue weighted by atomic mass is 79.9. The lowest BCUT2D eigenvalue weighted by Crippen LogP contribution is -2.10. The van der Waals surface area contributed by atoms with E-state index >= 15 is 0 Å². The van der Waals surface area contributed by atoms with Crippen LogP contribution in [0.15, 0.2) is 22.8 Å². The summed E-state index contributed by atoms with van der Waals surface area (Å²) in [7, 11) is 0. The first-order chi connectivity index (χ1) is 8.47. The lowest BCUT2D eigenvalue weighted by atomic mass is 10.1. The summed E-state index contributed by atoms with van der Waals surface area (Å²) in [5, 5.41) is 3.78. The Bertz CT molecular complexity index is 584. The van der Waals surface area contributed by atoms with Crippen LogP contribution in [-0.2, 0) is 0 Å². The Morgan fingerprint density at radius 2 is 1.89 bits per heavy atom. The fraction of sp³-hybridized carbons (Fsp3) is 0.231. The molecule has 0 bridgehead atoms. The first kappa shape index (κ1) is 13.2. The summed E-state index contributed by atoms with van der Waals surface area (Å²) in [5.41, 5.74) is 3.01. The van der Waals surface area contributed by atoms with Crippen molar-refractivity contribution in [2.75, 3.05) is 5.32 Å². The van der Waals surface area contributed by atoms with Gasteiger partial charge in [-0.3, -0.25) is 4.79 Å². The molecular formula is C13H13BrN2OS. The van der Waals surface area contributed by atoms with Gasteiger partial charge >= 0.3 is 0 Å². The van der Waals surface area contributed by atoms with Gasteiger partial charge in [0.2, 0.25) is 0 Å². The molecule has 0 fully saturated rings. The van der Waals surface area contributed by atoms with E-state index in [0.29, 0.717) is 4.88 Å². The minimum atomic E-state index is -0.110. The summed E-state index contributed by atoms with van der Waals surface area (Å²) < 4.78 is 1.08. The SMILES string of the molecule is Cc1ncc(C(=O)Nc2cc(C)c(Br)c(C)c2)s1. The third-order valence-corrected chi connectivity index (χ3v) is 4.70. The molecule has 1 amide bonds. The van der Waals surface area contributed by atoms with Crippen LogP contribution >= 0.6 is 27.3 Å². The van der Waals surface area contributed by atoms with Crippen molar-refractivity contribution in [3.8, 4) is 0 Å². The van der Waals surface area contributed by atoms with Gasteiger partial charge in [0.05, 0.1) is 11.2 Å². The third-order valence-electron chi connectivity index (χ3n) is 2.54. The van der Waals surface area contributed by atoms with Gasteiger partial charge in [-0.1, -0.05) is 15.9 Å². The molecule has 3 nitrogen and oxygen atoms in total. The topological polar surface area (TPSA) is 42.0 Å². The second-order valence-corrected chi connectivity index (χ2v) is 6.15. The van der Waals surface area contributed by atoms with Crippen LogP contribution in [0.25, 0.3) is 0 Å². The van der Waals surface area contributed by atoms with Crippen LogP contribution in [0.4, 0.5) is 5.69 Å². The number of benzene rings is 1. The standard InChI is InChI=1S/C13H13BrN2OS/c1-7-4-10(5-8(2)12(7)14)16-13(17)11-6-15-9(3)18-11/h4-6H,1-3H3,(H,16,17). The van der Waals surface area contributed by atoms with Gasteiger partial charge in [0.1, 0.15) is 4.88 Å². The maximum atomic E-state index is 12.0. The predicted molar refractivity (Wildman–Crippen MR) is 78.4 cm³/mol. The number of nitrogens with one attached hydrogen (secondary N) is 1. The maximum Gasteiger partial charge on any atom is 0.267 e. The largest absolute Gasteiger partial charge is 0.321 e. The highest BCUT2D eigenvalue weighted by molar-refractivity contribution is 9.10. The molecule has 1 aromatic carbocycles. The average Bonchev–Trinajstić information content (AvgIpc) is 2.72. The summed E-state index contributed by atoms with van der Waals surface area (Å²) in [6.07, 6.45) is 1.61. The van der Waals surface area contributed by atoms with E-state index in [-0.39, 0.29) is 5.91 Å². The fourth-order valence-electron chi connectivity index (χ4n) is 1.68. The van der Waals surface area contributed by atoms with Gasteiger partial charge in [-0.15, -0.1) is 11.3 Å². The zero-order valence-electron chi connectivity index (χ0n) is 10.4. The van der Waals surface area contributed by atoms with Gasteiger partial charge in [0.25, 0.3) is 5.91 Å². The van der Waals surface area contributed by atoms with Crippen LogP contribution in [0.1, 0.15) is 25.8 Å². The number of aryl methyl sites for hydroxylation is 3. The molecule has 1 heterocycles. The zero-order valence-corrected chi connectivity index (χ0v) is 12.8. The molecular weight excluding hydrogens is 312 g/mol. The van der Waals surface area contributed by atoms with Crippen molar-refractivity contribution >= 4 is 38.9 Å². The van der Waals surface area contributed by atoms with Crippen molar-refractivity contribution in [2.24, 2.45) is 0 Å². The van der Waals surface area contributed by atoms with E-state index < -0.39 is 0 Å². The van der Waals surface area contributed by atoms with Crippen molar-refractivity contribution in [1.82, 2.24) is 4.98 Å².